The van der Waals surface area contributed by atoms with E-state index in [1.54, 1.807) is 6.33 Å². The van der Waals surface area contributed by atoms with Gasteiger partial charge in [0, 0.05) is 27.4 Å². The molecule has 1 unspecified atom stereocenters. The number of hydrogen-bond acceptors (Lipinski definition) is 5. The first-order chi connectivity index (χ1) is 11.0. The van der Waals surface area contributed by atoms with Crippen LogP contribution in [0.5, 0.6) is 5.88 Å². The molecule has 0 aromatic carbocycles. The number of fused-ring (bicyclic) bond motifs is 1. The molecule has 3 heterocycles. The molecule has 0 aliphatic carbocycles. The molecule has 2 aromatic rings. The molecule has 126 valence electrons. The highest BCUT2D eigenvalue weighted by Crippen LogP contribution is 2.24. The molecule has 6 nitrogen and oxygen atoms in total. The van der Waals surface area contributed by atoms with E-state index in [-0.39, 0.29) is 6.10 Å². The molecule has 1 atom stereocenters. The molecule has 0 spiro atoms. The summed E-state index contributed by atoms with van der Waals surface area (Å²) in [6.07, 6.45) is 4.78. The van der Waals surface area contributed by atoms with E-state index in [1.807, 2.05) is 16.8 Å². The van der Waals surface area contributed by atoms with Crippen molar-refractivity contribution < 1.29 is 9.47 Å². The molecule has 1 aliphatic heterocycles. The fourth-order valence-electron chi connectivity index (χ4n) is 2.61. The third-order valence-corrected chi connectivity index (χ3v) is 5.74. The van der Waals surface area contributed by atoms with Crippen LogP contribution in [0.1, 0.15) is 6.42 Å². The Bertz CT molecular complexity index is 647. The Balaban J connectivity index is 1.65. The van der Waals surface area contributed by atoms with Crippen molar-refractivity contribution in [3.05, 3.63) is 18.6 Å². The van der Waals surface area contributed by atoms with Crippen LogP contribution >= 0.6 is 0 Å². The van der Waals surface area contributed by atoms with E-state index in [0.29, 0.717) is 12.6 Å². The largest absolute Gasteiger partial charge is 0.472 e. The summed E-state index contributed by atoms with van der Waals surface area (Å²) in [6, 6.07) is 3.18. The maximum atomic E-state index is 6.01. The zero-order valence-electron chi connectivity index (χ0n) is 14.2. The lowest BCUT2D eigenvalue weighted by Gasteiger charge is -2.15. The second kappa shape index (κ2) is 6.98. The van der Waals surface area contributed by atoms with Gasteiger partial charge < -0.3 is 19.4 Å². The van der Waals surface area contributed by atoms with Gasteiger partial charge in [-0.25, -0.2) is 9.97 Å². The molecule has 1 fully saturated rings. The van der Waals surface area contributed by atoms with Crippen molar-refractivity contribution in [1.29, 1.82) is 0 Å². The summed E-state index contributed by atoms with van der Waals surface area (Å²) in [4.78, 5) is 8.69. The first-order valence-corrected chi connectivity index (χ1v) is 12.0. The fraction of sp³-hybridized carbons (Fsp3) is 0.625. The van der Waals surface area contributed by atoms with E-state index in [4.69, 9.17) is 9.47 Å². The monoisotopic (exact) mass is 334 g/mol. The van der Waals surface area contributed by atoms with Crippen LogP contribution in [-0.2, 0) is 11.5 Å². The van der Waals surface area contributed by atoms with E-state index < -0.39 is 8.07 Å². The average molecular weight is 334 g/mol. The molecule has 0 radical (unpaired) electrons. The van der Waals surface area contributed by atoms with Crippen LogP contribution in [0.2, 0.25) is 25.7 Å². The van der Waals surface area contributed by atoms with Gasteiger partial charge in [0.15, 0.2) is 0 Å². The predicted molar refractivity (Wildman–Crippen MR) is 93.5 cm³/mol. The zero-order valence-corrected chi connectivity index (χ0v) is 15.2. The van der Waals surface area contributed by atoms with Crippen LogP contribution in [0.3, 0.4) is 0 Å². The minimum Gasteiger partial charge on any atom is -0.472 e. The summed E-state index contributed by atoms with van der Waals surface area (Å²) in [5.74, 6) is 0.671. The van der Waals surface area contributed by atoms with Crippen molar-refractivity contribution in [1.82, 2.24) is 19.9 Å². The van der Waals surface area contributed by atoms with E-state index >= 15 is 0 Å². The van der Waals surface area contributed by atoms with Crippen LogP contribution < -0.4 is 10.1 Å². The quantitative estimate of drug-likeness (QED) is 0.623. The van der Waals surface area contributed by atoms with Gasteiger partial charge in [-0.3, -0.25) is 0 Å². The van der Waals surface area contributed by atoms with E-state index in [2.05, 4.69) is 34.9 Å². The maximum Gasteiger partial charge on any atom is 0.226 e. The predicted octanol–water partition coefficient (Wildman–Crippen LogP) is 2.48. The van der Waals surface area contributed by atoms with Crippen LogP contribution in [0.15, 0.2) is 18.6 Å². The third-order valence-electron chi connectivity index (χ3n) is 4.04. The Morgan fingerprint density at radius 2 is 2.22 bits per heavy atom. The first kappa shape index (κ1) is 16.4. The van der Waals surface area contributed by atoms with Crippen molar-refractivity contribution in [2.75, 3.05) is 19.7 Å². The van der Waals surface area contributed by atoms with Crippen molar-refractivity contribution in [2.45, 2.75) is 44.9 Å². The molecular formula is C16H26N4O2Si. The Labute approximate surface area is 138 Å². The Morgan fingerprint density at radius 1 is 1.35 bits per heavy atom. The van der Waals surface area contributed by atoms with Gasteiger partial charge in [0.1, 0.15) is 24.8 Å². The highest BCUT2D eigenvalue weighted by molar-refractivity contribution is 6.76. The average Bonchev–Trinajstić information content (AvgIpc) is 3.13. The molecular weight excluding hydrogens is 308 g/mol. The minimum absolute atomic E-state index is 0.199. The molecule has 7 heteroatoms. The van der Waals surface area contributed by atoms with Gasteiger partial charge in [0.25, 0.3) is 0 Å². The molecule has 1 N–H and O–H groups in total. The maximum absolute atomic E-state index is 6.01. The molecule has 1 aliphatic rings. The number of hydrogen-bond donors (Lipinski definition) is 1. The molecule has 3 rings (SSSR count). The number of ether oxygens (including phenoxy) is 2. The van der Waals surface area contributed by atoms with Gasteiger partial charge >= 0.3 is 0 Å². The molecule has 1 saturated heterocycles. The minimum atomic E-state index is -1.05. The second-order valence-electron chi connectivity index (χ2n) is 7.28. The summed E-state index contributed by atoms with van der Waals surface area (Å²) < 4.78 is 13.8. The standard InChI is InChI=1S/C16H26N4O2Si/c1-23(2,3)9-8-21-12-20-7-5-14-15(20)18-11-19-16(14)22-13-4-6-17-10-13/h5,7,11,13,17H,4,6,8-10,12H2,1-3H3. The van der Waals surface area contributed by atoms with Gasteiger partial charge in [-0.15, -0.1) is 0 Å². The number of aromatic nitrogens is 3. The normalized spacial score (nSPS) is 18.7. The highest BCUT2D eigenvalue weighted by atomic mass is 28.3. The van der Waals surface area contributed by atoms with Gasteiger partial charge in [-0.05, 0) is 25.1 Å². The highest BCUT2D eigenvalue weighted by Gasteiger charge is 2.19. The van der Waals surface area contributed by atoms with Gasteiger partial charge in [-0.2, -0.15) is 0 Å². The van der Waals surface area contributed by atoms with Crippen molar-refractivity contribution in [2.24, 2.45) is 0 Å². The smallest absolute Gasteiger partial charge is 0.226 e. The summed E-state index contributed by atoms with van der Waals surface area (Å²) in [5.41, 5.74) is 0.869. The summed E-state index contributed by atoms with van der Waals surface area (Å²) in [5, 5.41) is 4.25. The van der Waals surface area contributed by atoms with Crippen molar-refractivity contribution in [3.63, 3.8) is 0 Å². The lowest BCUT2D eigenvalue weighted by Crippen LogP contribution is -2.22. The lowest BCUT2D eigenvalue weighted by atomic mass is 10.3. The van der Waals surface area contributed by atoms with Crippen LogP contribution in [-0.4, -0.2) is 48.4 Å². The summed E-state index contributed by atoms with van der Waals surface area (Å²) in [6.45, 7) is 10.3. The molecule has 2 aromatic heterocycles. The fourth-order valence-corrected chi connectivity index (χ4v) is 3.36. The Kier molecular flexibility index (Phi) is 4.98. The van der Waals surface area contributed by atoms with Crippen LogP contribution in [0.25, 0.3) is 11.0 Å². The molecule has 0 amide bonds. The van der Waals surface area contributed by atoms with Crippen molar-refractivity contribution >= 4 is 19.1 Å². The Hall–Kier alpha value is -1.44. The van der Waals surface area contributed by atoms with Crippen molar-refractivity contribution in [3.8, 4) is 5.88 Å². The van der Waals surface area contributed by atoms with Gasteiger partial charge in [0.05, 0.1) is 5.39 Å². The number of nitrogens with one attached hydrogen (secondary N) is 1. The van der Waals surface area contributed by atoms with E-state index in [0.717, 1.165) is 37.2 Å². The lowest BCUT2D eigenvalue weighted by molar-refractivity contribution is 0.0898. The zero-order chi connectivity index (χ0) is 16.3. The summed E-state index contributed by atoms with van der Waals surface area (Å²) in [7, 11) is -1.05. The molecule has 0 saturated carbocycles. The number of nitrogens with zero attached hydrogens (tertiary/aromatic N) is 3. The van der Waals surface area contributed by atoms with Crippen LogP contribution in [0.4, 0.5) is 0 Å². The summed E-state index contributed by atoms with van der Waals surface area (Å²) >= 11 is 0. The Morgan fingerprint density at radius 3 is 2.96 bits per heavy atom. The van der Waals surface area contributed by atoms with Gasteiger partial charge in [0.2, 0.25) is 5.88 Å². The second-order valence-corrected chi connectivity index (χ2v) is 12.9. The van der Waals surface area contributed by atoms with Gasteiger partial charge in [-0.1, -0.05) is 19.6 Å². The molecule has 0 bridgehead atoms. The topological polar surface area (TPSA) is 61.2 Å². The third kappa shape index (κ3) is 4.30. The molecule has 23 heavy (non-hydrogen) atoms. The SMILES string of the molecule is C[Si](C)(C)CCOCn1ccc2c(OC3CCNC3)ncnc21. The van der Waals surface area contributed by atoms with E-state index in [1.165, 1.54) is 6.04 Å². The van der Waals surface area contributed by atoms with E-state index in [9.17, 15) is 0 Å². The number of rotatable bonds is 7. The first-order valence-electron chi connectivity index (χ1n) is 8.28. The van der Waals surface area contributed by atoms with Crippen LogP contribution in [0, 0.1) is 0 Å².